The predicted octanol–water partition coefficient (Wildman–Crippen LogP) is 4.96. The summed E-state index contributed by atoms with van der Waals surface area (Å²) in [6.45, 7) is 2.76. The molecule has 1 N–H and O–H groups in total. The van der Waals surface area contributed by atoms with Crippen molar-refractivity contribution >= 4 is 34.9 Å². The number of ether oxygens (including phenoxy) is 1. The molecular formula is C29H35ClN4O4. The number of anilines is 2. The summed E-state index contributed by atoms with van der Waals surface area (Å²) in [5, 5.41) is 7.48. The molecule has 2 amide bonds. The molecule has 2 saturated heterocycles. The zero-order valence-corrected chi connectivity index (χ0v) is 21.6. The van der Waals surface area contributed by atoms with Gasteiger partial charge in [0.1, 0.15) is 5.76 Å². The SMILES string of the molecule is C.CN(Cc1ccc(N2C[C@@H](C(=O)Nc3cc(CCc4ccc(Cl)cc4)on3)CC2=O)cc1)C1CCOC1. The van der Waals surface area contributed by atoms with Crippen LogP contribution in [0.4, 0.5) is 11.5 Å². The number of carbonyl (C=O) groups excluding carboxylic acids is 2. The van der Waals surface area contributed by atoms with Crippen LogP contribution < -0.4 is 10.2 Å². The fourth-order valence-electron chi connectivity index (χ4n) is 4.84. The van der Waals surface area contributed by atoms with Crippen molar-refractivity contribution < 1.29 is 18.8 Å². The molecular weight excluding hydrogens is 504 g/mol. The number of benzene rings is 2. The highest BCUT2D eigenvalue weighted by Gasteiger charge is 2.35. The Hall–Kier alpha value is -3.20. The molecule has 38 heavy (non-hydrogen) atoms. The van der Waals surface area contributed by atoms with Gasteiger partial charge in [0.25, 0.3) is 0 Å². The van der Waals surface area contributed by atoms with Crippen molar-refractivity contribution in [3.05, 3.63) is 76.5 Å². The van der Waals surface area contributed by atoms with E-state index in [1.165, 1.54) is 5.56 Å². The Labute approximate surface area is 228 Å². The number of nitrogens with zero attached hydrogens (tertiary/aromatic N) is 3. The number of aryl methyl sites for hydroxylation is 2. The Kier molecular flexibility index (Phi) is 9.20. The lowest BCUT2D eigenvalue weighted by atomic mass is 10.1. The van der Waals surface area contributed by atoms with E-state index >= 15 is 0 Å². The van der Waals surface area contributed by atoms with E-state index < -0.39 is 5.92 Å². The van der Waals surface area contributed by atoms with Crippen LogP contribution in [0.25, 0.3) is 0 Å². The van der Waals surface area contributed by atoms with Crippen molar-refractivity contribution in [2.24, 2.45) is 5.92 Å². The van der Waals surface area contributed by atoms with Crippen LogP contribution in [0.15, 0.2) is 59.1 Å². The van der Waals surface area contributed by atoms with Gasteiger partial charge in [-0.1, -0.05) is 48.4 Å². The molecule has 2 aliphatic rings. The van der Waals surface area contributed by atoms with Crippen molar-refractivity contribution in [1.82, 2.24) is 10.1 Å². The number of nitrogens with one attached hydrogen (secondary N) is 1. The van der Waals surface area contributed by atoms with Crippen LogP contribution in [0.5, 0.6) is 0 Å². The predicted molar refractivity (Wildman–Crippen MR) is 148 cm³/mol. The molecule has 2 aromatic carbocycles. The van der Waals surface area contributed by atoms with Gasteiger partial charge in [0.05, 0.1) is 12.5 Å². The fourth-order valence-corrected chi connectivity index (χ4v) is 4.96. The number of aromatic nitrogens is 1. The van der Waals surface area contributed by atoms with Gasteiger partial charge in [-0.05, 0) is 55.3 Å². The van der Waals surface area contributed by atoms with Crippen molar-refractivity contribution in [3.8, 4) is 0 Å². The largest absolute Gasteiger partial charge is 0.380 e. The second kappa shape index (κ2) is 12.6. The molecule has 0 radical (unpaired) electrons. The first-order valence-corrected chi connectivity index (χ1v) is 13.0. The van der Waals surface area contributed by atoms with Crippen molar-refractivity contribution in [2.75, 3.05) is 37.0 Å². The normalized spacial score (nSPS) is 19.1. The van der Waals surface area contributed by atoms with Gasteiger partial charge >= 0.3 is 0 Å². The molecule has 2 aliphatic heterocycles. The first kappa shape index (κ1) is 27.8. The summed E-state index contributed by atoms with van der Waals surface area (Å²) >= 11 is 5.93. The van der Waals surface area contributed by atoms with E-state index in [1.54, 1.807) is 11.0 Å². The Morgan fingerprint density at radius 1 is 1.13 bits per heavy atom. The van der Waals surface area contributed by atoms with Crippen LogP contribution in [0.3, 0.4) is 0 Å². The molecule has 1 aromatic heterocycles. The number of likely N-dealkylation sites (N-methyl/N-ethyl adjacent to an activating group) is 1. The maximum atomic E-state index is 12.9. The number of amides is 2. The molecule has 8 nitrogen and oxygen atoms in total. The van der Waals surface area contributed by atoms with Gasteiger partial charge in [-0.25, -0.2) is 0 Å². The molecule has 9 heteroatoms. The molecule has 1 unspecified atom stereocenters. The lowest BCUT2D eigenvalue weighted by molar-refractivity contribution is -0.122. The van der Waals surface area contributed by atoms with Gasteiger partial charge < -0.3 is 19.5 Å². The van der Waals surface area contributed by atoms with Gasteiger partial charge in [-0.15, -0.1) is 0 Å². The minimum Gasteiger partial charge on any atom is -0.380 e. The van der Waals surface area contributed by atoms with Crippen LogP contribution in [0.1, 0.15) is 37.2 Å². The Balaban J connectivity index is 0.00000336. The van der Waals surface area contributed by atoms with Gasteiger partial charge in [-0.3, -0.25) is 14.5 Å². The topological polar surface area (TPSA) is 87.9 Å². The molecule has 2 atom stereocenters. The monoisotopic (exact) mass is 538 g/mol. The van der Waals surface area contributed by atoms with Crippen LogP contribution in [-0.2, 0) is 33.7 Å². The minimum absolute atomic E-state index is 0. The second-order valence-corrected chi connectivity index (χ2v) is 10.2. The van der Waals surface area contributed by atoms with E-state index in [4.69, 9.17) is 20.9 Å². The van der Waals surface area contributed by atoms with Crippen LogP contribution in [0, 0.1) is 5.92 Å². The number of halogens is 1. The lowest BCUT2D eigenvalue weighted by Crippen LogP contribution is -2.31. The van der Waals surface area contributed by atoms with Crippen molar-refractivity contribution in [3.63, 3.8) is 0 Å². The molecule has 202 valence electrons. The highest BCUT2D eigenvalue weighted by atomic mass is 35.5. The fraction of sp³-hybridized carbons (Fsp3) is 0.414. The van der Waals surface area contributed by atoms with Crippen molar-refractivity contribution in [2.45, 2.75) is 45.7 Å². The lowest BCUT2D eigenvalue weighted by Gasteiger charge is -2.23. The smallest absolute Gasteiger partial charge is 0.231 e. The van der Waals surface area contributed by atoms with Crippen LogP contribution in [-0.4, -0.2) is 54.7 Å². The second-order valence-electron chi connectivity index (χ2n) is 9.80. The van der Waals surface area contributed by atoms with E-state index in [2.05, 4.69) is 22.4 Å². The van der Waals surface area contributed by atoms with Gasteiger partial charge in [0.2, 0.25) is 11.8 Å². The third-order valence-corrected chi connectivity index (χ3v) is 7.34. The number of rotatable bonds is 9. The Morgan fingerprint density at radius 2 is 1.87 bits per heavy atom. The first-order chi connectivity index (χ1) is 17.9. The highest BCUT2D eigenvalue weighted by Crippen LogP contribution is 2.27. The van der Waals surface area contributed by atoms with Crippen LogP contribution >= 0.6 is 11.6 Å². The summed E-state index contributed by atoms with van der Waals surface area (Å²) in [4.78, 5) is 29.5. The van der Waals surface area contributed by atoms with E-state index in [9.17, 15) is 9.59 Å². The summed E-state index contributed by atoms with van der Waals surface area (Å²) in [5.41, 5.74) is 3.12. The first-order valence-electron chi connectivity index (χ1n) is 12.6. The molecule has 0 saturated carbocycles. The maximum Gasteiger partial charge on any atom is 0.231 e. The molecule has 0 spiro atoms. The molecule has 3 aromatic rings. The minimum atomic E-state index is -0.449. The molecule has 5 rings (SSSR count). The van der Waals surface area contributed by atoms with Gasteiger partial charge in [-0.2, -0.15) is 0 Å². The third kappa shape index (κ3) is 6.81. The third-order valence-electron chi connectivity index (χ3n) is 7.09. The molecule has 0 bridgehead atoms. The highest BCUT2D eigenvalue weighted by molar-refractivity contribution is 6.30. The zero-order valence-electron chi connectivity index (χ0n) is 20.9. The Morgan fingerprint density at radius 3 is 2.58 bits per heavy atom. The van der Waals surface area contributed by atoms with Crippen molar-refractivity contribution in [1.29, 1.82) is 0 Å². The van der Waals surface area contributed by atoms with E-state index in [0.29, 0.717) is 35.6 Å². The summed E-state index contributed by atoms with van der Waals surface area (Å²) in [6, 6.07) is 17.8. The number of hydrogen-bond acceptors (Lipinski definition) is 6. The summed E-state index contributed by atoms with van der Waals surface area (Å²) in [7, 11) is 2.11. The zero-order chi connectivity index (χ0) is 25.8. The number of hydrogen-bond donors (Lipinski definition) is 1. The summed E-state index contributed by atoms with van der Waals surface area (Å²) < 4.78 is 10.9. The van der Waals surface area contributed by atoms with E-state index in [-0.39, 0.29) is 25.7 Å². The molecule has 3 heterocycles. The molecule has 2 fully saturated rings. The average Bonchev–Trinajstić information content (AvgIpc) is 3.66. The maximum absolute atomic E-state index is 12.9. The summed E-state index contributed by atoms with van der Waals surface area (Å²) in [5.74, 6) is 0.306. The van der Waals surface area contributed by atoms with E-state index in [1.807, 2.05) is 48.5 Å². The average molecular weight is 539 g/mol. The quantitative estimate of drug-likeness (QED) is 0.414. The van der Waals surface area contributed by atoms with E-state index in [0.717, 1.165) is 43.9 Å². The van der Waals surface area contributed by atoms with Gasteiger partial charge in [0.15, 0.2) is 5.82 Å². The summed E-state index contributed by atoms with van der Waals surface area (Å²) in [6.07, 6.45) is 2.65. The standard InChI is InChI=1S/C28H31ClN4O4.CH4/c1-32(24-12-13-36-18-24)16-20-4-9-23(10-5-20)33-17-21(14-27(33)34)28(35)30-26-15-25(37-31-26)11-6-19-2-7-22(29)8-3-19;/h2-5,7-10,15,21,24H,6,11-14,16-18H2,1H3,(H,30,31,35);1H4/t21-,24?;/m0./s1. The Bertz CT molecular complexity index is 1220. The molecule has 0 aliphatic carbocycles. The number of carbonyl (C=O) groups is 2. The van der Waals surface area contributed by atoms with Crippen LogP contribution in [0.2, 0.25) is 5.02 Å². The van der Waals surface area contributed by atoms with Gasteiger partial charge in [0, 0.05) is 55.4 Å².